The Kier molecular flexibility index (Phi) is 6.32. The lowest BCUT2D eigenvalue weighted by Crippen LogP contribution is -2.33. The van der Waals surface area contributed by atoms with Gasteiger partial charge in [-0.25, -0.2) is 0 Å². The van der Waals surface area contributed by atoms with Crippen molar-refractivity contribution in [2.45, 2.75) is 38.8 Å². The predicted molar refractivity (Wildman–Crippen MR) is 89.4 cm³/mol. The number of hydrogen-bond donors (Lipinski definition) is 1. The van der Waals surface area contributed by atoms with Gasteiger partial charge in [-0.2, -0.15) is 13.2 Å². The minimum atomic E-state index is -4.53. The van der Waals surface area contributed by atoms with E-state index in [-0.39, 0.29) is 29.6 Å². The summed E-state index contributed by atoms with van der Waals surface area (Å²) in [7, 11) is 0. The SMILES string of the molecule is CCCCCNC(=O)C1CC(=O)N(c2cc(C(F)(F)F)ccc2Cl)C1. The van der Waals surface area contributed by atoms with Gasteiger partial charge in [0, 0.05) is 19.5 Å². The van der Waals surface area contributed by atoms with Crippen LogP contribution in [0.15, 0.2) is 18.2 Å². The van der Waals surface area contributed by atoms with Gasteiger partial charge in [-0.3, -0.25) is 9.59 Å². The van der Waals surface area contributed by atoms with Crippen molar-refractivity contribution in [1.29, 1.82) is 0 Å². The van der Waals surface area contributed by atoms with E-state index in [1.165, 1.54) is 0 Å². The molecule has 1 atom stereocenters. The minimum Gasteiger partial charge on any atom is -0.356 e. The first-order valence-corrected chi connectivity index (χ1v) is 8.56. The van der Waals surface area contributed by atoms with Gasteiger partial charge in [0.15, 0.2) is 0 Å². The average Bonchev–Trinajstić information content (AvgIpc) is 2.92. The van der Waals surface area contributed by atoms with E-state index in [1.54, 1.807) is 0 Å². The number of hydrogen-bond acceptors (Lipinski definition) is 2. The Hall–Kier alpha value is -1.76. The molecule has 138 valence electrons. The van der Waals surface area contributed by atoms with Crippen LogP contribution in [-0.4, -0.2) is 24.9 Å². The Morgan fingerprint density at radius 1 is 1.36 bits per heavy atom. The number of carbonyl (C=O) groups excluding carboxylic acids is 2. The third kappa shape index (κ3) is 4.87. The van der Waals surface area contributed by atoms with Crippen molar-refractivity contribution in [3.05, 3.63) is 28.8 Å². The van der Waals surface area contributed by atoms with Gasteiger partial charge in [-0.05, 0) is 24.6 Å². The van der Waals surface area contributed by atoms with Crippen molar-refractivity contribution >= 4 is 29.1 Å². The number of nitrogens with one attached hydrogen (secondary N) is 1. The lowest BCUT2D eigenvalue weighted by molar-refractivity contribution is -0.137. The highest BCUT2D eigenvalue weighted by Gasteiger charge is 2.37. The van der Waals surface area contributed by atoms with E-state index in [9.17, 15) is 22.8 Å². The van der Waals surface area contributed by atoms with Crippen LogP contribution in [0.3, 0.4) is 0 Å². The van der Waals surface area contributed by atoms with Gasteiger partial charge in [0.1, 0.15) is 0 Å². The van der Waals surface area contributed by atoms with Crippen LogP contribution in [0.25, 0.3) is 0 Å². The maximum Gasteiger partial charge on any atom is 0.416 e. The first kappa shape index (κ1) is 19.6. The molecule has 0 radical (unpaired) electrons. The number of nitrogens with zero attached hydrogens (tertiary/aromatic N) is 1. The van der Waals surface area contributed by atoms with E-state index in [0.717, 1.165) is 42.4 Å². The molecule has 2 rings (SSSR count). The molecule has 0 saturated carbocycles. The van der Waals surface area contributed by atoms with Crippen molar-refractivity contribution in [2.24, 2.45) is 5.92 Å². The molecule has 1 N–H and O–H groups in total. The van der Waals surface area contributed by atoms with Gasteiger partial charge < -0.3 is 10.2 Å². The minimum absolute atomic E-state index is 0.0113. The van der Waals surface area contributed by atoms with Crippen LogP contribution in [0.2, 0.25) is 5.02 Å². The van der Waals surface area contributed by atoms with Crippen molar-refractivity contribution in [3.8, 4) is 0 Å². The van der Waals surface area contributed by atoms with Crippen LogP contribution >= 0.6 is 11.6 Å². The standard InChI is InChI=1S/C17H20ClF3N2O2/c1-2-3-4-7-22-16(25)11-8-15(24)23(10-11)14-9-12(17(19,20)21)5-6-13(14)18/h5-6,9,11H,2-4,7-8,10H2,1H3,(H,22,25). The normalized spacial score (nSPS) is 17.9. The fraction of sp³-hybridized carbons (Fsp3) is 0.529. The molecule has 1 heterocycles. The number of carbonyl (C=O) groups is 2. The molecule has 1 unspecified atom stereocenters. The highest BCUT2D eigenvalue weighted by Crippen LogP contribution is 2.37. The molecule has 1 aliphatic heterocycles. The van der Waals surface area contributed by atoms with Crippen LogP contribution in [0, 0.1) is 5.92 Å². The van der Waals surface area contributed by atoms with Gasteiger partial charge in [0.05, 0.1) is 22.2 Å². The smallest absolute Gasteiger partial charge is 0.356 e. The quantitative estimate of drug-likeness (QED) is 0.762. The lowest BCUT2D eigenvalue weighted by Gasteiger charge is -2.20. The summed E-state index contributed by atoms with van der Waals surface area (Å²) in [6.45, 7) is 2.61. The molecule has 0 bridgehead atoms. The first-order chi connectivity index (χ1) is 11.7. The number of anilines is 1. The van der Waals surface area contributed by atoms with Gasteiger partial charge in [-0.15, -0.1) is 0 Å². The molecule has 25 heavy (non-hydrogen) atoms. The van der Waals surface area contributed by atoms with Crippen molar-refractivity contribution in [1.82, 2.24) is 5.32 Å². The molecule has 1 saturated heterocycles. The molecule has 1 aromatic carbocycles. The van der Waals surface area contributed by atoms with E-state index < -0.39 is 23.6 Å². The topological polar surface area (TPSA) is 49.4 Å². The van der Waals surface area contributed by atoms with Crippen LogP contribution in [0.5, 0.6) is 0 Å². The monoisotopic (exact) mass is 376 g/mol. The molecule has 4 nitrogen and oxygen atoms in total. The second-order valence-corrected chi connectivity index (χ2v) is 6.47. The zero-order chi connectivity index (χ0) is 18.6. The second kappa shape index (κ2) is 8.08. The molecule has 1 aromatic rings. The Bertz CT molecular complexity index is 649. The van der Waals surface area contributed by atoms with Gasteiger partial charge in [-0.1, -0.05) is 31.4 Å². The van der Waals surface area contributed by atoms with E-state index in [4.69, 9.17) is 11.6 Å². The van der Waals surface area contributed by atoms with Crippen molar-refractivity contribution in [2.75, 3.05) is 18.0 Å². The number of rotatable bonds is 6. The number of benzene rings is 1. The van der Waals surface area contributed by atoms with Crippen molar-refractivity contribution < 1.29 is 22.8 Å². The Morgan fingerprint density at radius 2 is 2.08 bits per heavy atom. The molecule has 0 aliphatic carbocycles. The fourth-order valence-electron chi connectivity index (χ4n) is 2.74. The average molecular weight is 377 g/mol. The van der Waals surface area contributed by atoms with E-state index in [0.29, 0.717) is 6.54 Å². The number of amides is 2. The lowest BCUT2D eigenvalue weighted by atomic mass is 10.1. The third-order valence-electron chi connectivity index (χ3n) is 4.14. The molecule has 1 aliphatic rings. The molecular weight excluding hydrogens is 357 g/mol. The molecule has 0 spiro atoms. The van der Waals surface area contributed by atoms with Crippen molar-refractivity contribution in [3.63, 3.8) is 0 Å². The number of halogens is 4. The zero-order valence-corrected chi connectivity index (χ0v) is 14.6. The summed E-state index contributed by atoms with van der Waals surface area (Å²) in [4.78, 5) is 25.5. The maximum absolute atomic E-state index is 12.9. The van der Waals surface area contributed by atoms with Crippen LogP contribution in [0.4, 0.5) is 18.9 Å². The van der Waals surface area contributed by atoms with Gasteiger partial charge in [0.2, 0.25) is 11.8 Å². The Balaban J connectivity index is 2.09. The third-order valence-corrected chi connectivity index (χ3v) is 4.46. The summed E-state index contributed by atoms with van der Waals surface area (Å²) in [6.07, 6.45) is -1.69. The molecule has 8 heteroatoms. The summed E-state index contributed by atoms with van der Waals surface area (Å²) in [5, 5.41) is 2.82. The molecule has 0 aromatic heterocycles. The summed E-state index contributed by atoms with van der Waals surface area (Å²) < 4.78 is 38.6. The van der Waals surface area contributed by atoms with Crippen LogP contribution < -0.4 is 10.2 Å². The first-order valence-electron chi connectivity index (χ1n) is 8.19. The van der Waals surface area contributed by atoms with Crippen LogP contribution in [0.1, 0.15) is 38.2 Å². The Labute approximate surface area is 149 Å². The summed E-state index contributed by atoms with van der Waals surface area (Å²) in [6, 6.07) is 2.83. The van der Waals surface area contributed by atoms with E-state index in [1.807, 2.05) is 6.92 Å². The summed E-state index contributed by atoms with van der Waals surface area (Å²) >= 11 is 5.98. The number of unbranched alkanes of at least 4 members (excludes halogenated alkanes) is 2. The largest absolute Gasteiger partial charge is 0.416 e. The van der Waals surface area contributed by atoms with Crippen LogP contribution in [-0.2, 0) is 15.8 Å². The molecular formula is C17H20ClF3N2O2. The fourth-order valence-corrected chi connectivity index (χ4v) is 2.96. The highest BCUT2D eigenvalue weighted by atomic mass is 35.5. The highest BCUT2D eigenvalue weighted by molar-refractivity contribution is 6.34. The maximum atomic E-state index is 12.9. The van der Waals surface area contributed by atoms with Gasteiger partial charge >= 0.3 is 6.18 Å². The predicted octanol–water partition coefficient (Wildman–Crippen LogP) is 4.02. The summed E-state index contributed by atoms with van der Waals surface area (Å²) in [5.74, 6) is -1.25. The summed E-state index contributed by atoms with van der Waals surface area (Å²) in [5.41, 5.74) is -0.894. The number of alkyl halides is 3. The second-order valence-electron chi connectivity index (χ2n) is 6.07. The molecule has 1 fully saturated rings. The van der Waals surface area contributed by atoms with E-state index in [2.05, 4.69) is 5.32 Å². The Morgan fingerprint density at radius 3 is 2.72 bits per heavy atom. The zero-order valence-electron chi connectivity index (χ0n) is 13.8. The molecule has 2 amide bonds. The van der Waals surface area contributed by atoms with E-state index >= 15 is 0 Å². The van der Waals surface area contributed by atoms with Gasteiger partial charge in [0.25, 0.3) is 0 Å².